The molecular weight excluding hydrogens is 472 g/mol. The molecule has 0 aliphatic carbocycles. The lowest BCUT2D eigenvalue weighted by Crippen LogP contribution is -2.38. The summed E-state index contributed by atoms with van der Waals surface area (Å²) in [6.07, 6.45) is 1.49. The highest BCUT2D eigenvalue weighted by Gasteiger charge is 2.50. The molecule has 1 amide bonds. The first-order valence-corrected chi connectivity index (χ1v) is 13.1. The molecule has 1 saturated heterocycles. The highest BCUT2D eigenvalue weighted by atomic mass is 32.2. The second-order valence-corrected chi connectivity index (χ2v) is 10.7. The number of rotatable bonds is 6. The number of amides is 1. The Morgan fingerprint density at radius 3 is 2.00 bits per heavy atom. The molecular formula is C29H26N2O4S. The lowest BCUT2D eigenvalue weighted by molar-refractivity contribution is -0.121. The average Bonchev–Trinajstić information content (AvgIpc) is 3.54. The second kappa shape index (κ2) is 9.60. The van der Waals surface area contributed by atoms with Crippen LogP contribution in [-0.4, -0.2) is 25.2 Å². The van der Waals surface area contributed by atoms with Crippen molar-refractivity contribution in [3.8, 4) is 0 Å². The number of aryl methyl sites for hydroxylation is 1. The minimum atomic E-state index is -3.94. The number of nitrogens with zero attached hydrogens (tertiary/aromatic N) is 2. The van der Waals surface area contributed by atoms with Crippen molar-refractivity contribution >= 4 is 27.3 Å². The number of anilines is 2. The normalized spacial score (nSPS) is 18.3. The lowest BCUT2D eigenvalue weighted by atomic mass is 9.93. The zero-order chi connectivity index (χ0) is 25.3. The second-order valence-electron chi connectivity index (χ2n) is 8.80. The maximum Gasteiger partial charge on any atom is 0.244 e. The maximum absolute atomic E-state index is 14.3. The van der Waals surface area contributed by atoms with Gasteiger partial charge in [-0.05, 0) is 61.0 Å². The SMILES string of the molecule is C=C1CN(S(=O)(=O)c2ccc(C)cc2)[C@@H](c2ccco2)[C@@H]1C(=O)N(c1ccccc1)c1ccccc1. The molecule has 1 aliphatic heterocycles. The van der Waals surface area contributed by atoms with Crippen molar-refractivity contribution < 1.29 is 17.6 Å². The van der Waals surface area contributed by atoms with Crippen LogP contribution >= 0.6 is 0 Å². The van der Waals surface area contributed by atoms with Crippen LogP contribution < -0.4 is 4.90 Å². The van der Waals surface area contributed by atoms with Crippen molar-refractivity contribution in [2.75, 3.05) is 11.4 Å². The summed E-state index contributed by atoms with van der Waals surface area (Å²) in [5.74, 6) is -0.735. The fourth-order valence-corrected chi connectivity index (χ4v) is 6.25. The first kappa shape index (κ1) is 23.8. The molecule has 1 fully saturated rings. The topological polar surface area (TPSA) is 70.8 Å². The number of benzene rings is 3. The first-order chi connectivity index (χ1) is 17.4. The van der Waals surface area contributed by atoms with Gasteiger partial charge in [0.2, 0.25) is 15.9 Å². The van der Waals surface area contributed by atoms with Gasteiger partial charge in [0.1, 0.15) is 5.76 Å². The van der Waals surface area contributed by atoms with E-state index in [2.05, 4.69) is 6.58 Å². The predicted molar refractivity (Wildman–Crippen MR) is 139 cm³/mol. The van der Waals surface area contributed by atoms with Crippen molar-refractivity contribution in [2.24, 2.45) is 5.92 Å². The molecule has 0 spiro atoms. The van der Waals surface area contributed by atoms with E-state index in [1.165, 1.54) is 10.6 Å². The Hall–Kier alpha value is -3.94. The minimum absolute atomic E-state index is 0.00933. The van der Waals surface area contributed by atoms with E-state index in [1.807, 2.05) is 67.6 Å². The van der Waals surface area contributed by atoms with Gasteiger partial charge >= 0.3 is 0 Å². The Morgan fingerprint density at radius 1 is 0.889 bits per heavy atom. The molecule has 1 aliphatic rings. The van der Waals surface area contributed by atoms with Crippen molar-refractivity contribution in [1.82, 2.24) is 4.31 Å². The highest BCUT2D eigenvalue weighted by molar-refractivity contribution is 7.89. The zero-order valence-electron chi connectivity index (χ0n) is 19.8. The summed E-state index contributed by atoms with van der Waals surface area (Å²) < 4.78 is 34.6. The monoisotopic (exact) mass is 498 g/mol. The number of para-hydroxylation sites is 2. The molecule has 0 N–H and O–H groups in total. The predicted octanol–water partition coefficient (Wildman–Crippen LogP) is 5.87. The molecule has 6 nitrogen and oxygen atoms in total. The summed E-state index contributed by atoms with van der Waals surface area (Å²) in [6, 6.07) is 27.8. The summed E-state index contributed by atoms with van der Waals surface area (Å²) in [5.41, 5.74) is 2.82. The molecule has 2 atom stereocenters. The van der Waals surface area contributed by atoms with Crippen molar-refractivity contribution in [3.05, 3.63) is 127 Å². The van der Waals surface area contributed by atoms with Gasteiger partial charge in [-0.2, -0.15) is 4.31 Å². The van der Waals surface area contributed by atoms with Crippen LogP contribution in [0.2, 0.25) is 0 Å². The summed E-state index contributed by atoms with van der Waals surface area (Å²) >= 11 is 0. The van der Waals surface area contributed by atoms with Gasteiger partial charge in [0.25, 0.3) is 0 Å². The molecule has 3 aromatic carbocycles. The van der Waals surface area contributed by atoms with E-state index < -0.39 is 22.0 Å². The van der Waals surface area contributed by atoms with Gasteiger partial charge in [-0.3, -0.25) is 9.69 Å². The zero-order valence-corrected chi connectivity index (χ0v) is 20.6. The van der Waals surface area contributed by atoms with Crippen molar-refractivity contribution in [3.63, 3.8) is 0 Å². The van der Waals surface area contributed by atoms with E-state index in [0.29, 0.717) is 22.7 Å². The van der Waals surface area contributed by atoms with Crippen LogP contribution in [0.5, 0.6) is 0 Å². The molecule has 5 rings (SSSR count). The summed E-state index contributed by atoms with van der Waals surface area (Å²) in [4.78, 5) is 16.1. The van der Waals surface area contributed by atoms with E-state index >= 15 is 0 Å². The van der Waals surface area contributed by atoms with E-state index in [1.54, 1.807) is 41.3 Å². The van der Waals surface area contributed by atoms with Crippen LogP contribution in [0.15, 0.2) is 125 Å². The lowest BCUT2D eigenvalue weighted by Gasteiger charge is -2.30. The largest absolute Gasteiger partial charge is 0.468 e. The number of carbonyl (C=O) groups excluding carboxylic acids is 1. The van der Waals surface area contributed by atoms with Crippen molar-refractivity contribution in [2.45, 2.75) is 17.9 Å². The quantitative estimate of drug-likeness (QED) is 0.312. The Labute approximate surface area is 211 Å². The number of furan rings is 1. The van der Waals surface area contributed by atoms with Gasteiger partial charge < -0.3 is 4.42 Å². The van der Waals surface area contributed by atoms with Gasteiger partial charge in [0.15, 0.2) is 0 Å². The molecule has 7 heteroatoms. The van der Waals surface area contributed by atoms with Crippen LogP contribution in [0.1, 0.15) is 17.4 Å². The fourth-order valence-electron chi connectivity index (χ4n) is 4.64. The summed E-state index contributed by atoms with van der Waals surface area (Å²) in [5, 5.41) is 0. The molecule has 4 aromatic rings. The van der Waals surface area contributed by atoms with Gasteiger partial charge in [-0.1, -0.05) is 60.7 Å². The molecule has 36 heavy (non-hydrogen) atoms. The maximum atomic E-state index is 14.3. The Bertz CT molecular complexity index is 1430. The van der Waals surface area contributed by atoms with Gasteiger partial charge in [0, 0.05) is 17.9 Å². The standard InChI is InChI=1S/C29H26N2O4S/c1-21-15-17-25(18-16-21)36(33,34)30-20-22(2)27(28(30)26-14-9-19-35-26)29(32)31(23-10-5-3-6-11-23)24-12-7-4-8-13-24/h3-19,27-28H,2,20H2,1H3/t27-,28+/m1/s1. The fraction of sp³-hybridized carbons (Fsp3) is 0.138. The smallest absolute Gasteiger partial charge is 0.244 e. The number of hydrogen-bond acceptors (Lipinski definition) is 4. The average molecular weight is 499 g/mol. The van der Waals surface area contributed by atoms with Crippen LogP contribution in [0.25, 0.3) is 0 Å². The molecule has 0 unspecified atom stereocenters. The van der Waals surface area contributed by atoms with Crippen LogP contribution in [-0.2, 0) is 14.8 Å². The number of carbonyl (C=O) groups is 1. The minimum Gasteiger partial charge on any atom is -0.468 e. The molecule has 0 saturated carbocycles. The summed E-state index contributed by atoms with van der Waals surface area (Å²) in [7, 11) is -3.94. The summed E-state index contributed by atoms with van der Waals surface area (Å²) in [6.45, 7) is 6.07. The molecule has 1 aromatic heterocycles. The van der Waals surface area contributed by atoms with Crippen LogP contribution in [0.3, 0.4) is 0 Å². The van der Waals surface area contributed by atoms with E-state index in [4.69, 9.17) is 4.42 Å². The third kappa shape index (κ3) is 4.27. The highest BCUT2D eigenvalue weighted by Crippen LogP contribution is 2.45. The molecule has 0 radical (unpaired) electrons. The number of sulfonamides is 1. The molecule has 182 valence electrons. The first-order valence-electron chi connectivity index (χ1n) is 11.6. The van der Waals surface area contributed by atoms with Gasteiger partial charge in [0.05, 0.1) is 23.1 Å². The molecule has 0 bridgehead atoms. The third-order valence-corrected chi connectivity index (χ3v) is 8.24. The Balaban J connectivity index is 1.61. The molecule has 2 heterocycles. The third-order valence-electron chi connectivity index (χ3n) is 6.40. The van der Waals surface area contributed by atoms with Crippen molar-refractivity contribution in [1.29, 1.82) is 0 Å². The van der Waals surface area contributed by atoms with E-state index in [-0.39, 0.29) is 17.3 Å². The number of hydrogen-bond donors (Lipinski definition) is 0. The van der Waals surface area contributed by atoms with E-state index in [9.17, 15) is 13.2 Å². The van der Waals surface area contributed by atoms with Crippen LogP contribution in [0, 0.1) is 12.8 Å². The Morgan fingerprint density at radius 2 is 1.47 bits per heavy atom. The van der Waals surface area contributed by atoms with Gasteiger partial charge in [-0.25, -0.2) is 8.42 Å². The van der Waals surface area contributed by atoms with Crippen LogP contribution in [0.4, 0.5) is 11.4 Å². The van der Waals surface area contributed by atoms with Gasteiger partial charge in [-0.15, -0.1) is 0 Å². The van der Waals surface area contributed by atoms with E-state index in [0.717, 1.165) is 5.56 Å². The Kier molecular flexibility index (Phi) is 6.35.